The molecular weight excluding hydrogens is 204 g/mol. The zero-order valence-electron chi connectivity index (χ0n) is 8.47. The van der Waals surface area contributed by atoms with Crippen LogP contribution in [0, 0.1) is 6.92 Å². The number of hydrogen-bond acceptors (Lipinski definition) is 3. The minimum Gasteiger partial charge on any atom is -0.399 e. The van der Waals surface area contributed by atoms with Crippen LogP contribution in [-0.2, 0) is 0 Å². The van der Waals surface area contributed by atoms with Crippen molar-refractivity contribution >= 4 is 17.4 Å². The Morgan fingerprint density at radius 2 is 1.80 bits per heavy atom. The number of aromatic nitrogens is 1. The molecule has 0 bridgehead atoms. The Morgan fingerprint density at radius 3 is 2.47 bits per heavy atom. The molecule has 0 unspecified atom stereocenters. The van der Waals surface area contributed by atoms with Crippen molar-refractivity contribution in [3.05, 3.63) is 48.3 Å². The van der Waals surface area contributed by atoms with Gasteiger partial charge in [-0.15, -0.1) is 0 Å². The van der Waals surface area contributed by atoms with E-state index in [0.717, 1.165) is 11.3 Å². The second-order valence-electron chi connectivity index (χ2n) is 3.30. The van der Waals surface area contributed by atoms with Gasteiger partial charge in [-0.1, -0.05) is 11.8 Å². The number of pyridine rings is 1. The molecule has 0 aliphatic heterocycles. The summed E-state index contributed by atoms with van der Waals surface area (Å²) < 4.78 is 0. The van der Waals surface area contributed by atoms with E-state index in [-0.39, 0.29) is 0 Å². The van der Waals surface area contributed by atoms with Crippen LogP contribution in [0.15, 0.2) is 52.5 Å². The number of nitrogens with two attached hydrogens (primary N) is 1. The van der Waals surface area contributed by atoms with Crippen molar-refractivity contribution in [2.24, 2.45) is 0 Å². The lowest BCUT2D eigenvalue weighted by Gasteiger charge is -2.04. The first-order chi connectivity index (χ1) is 7.25. The molecule has 0 amide bonds. The lowest BCUT2D eigenvalue weighted by atomic mass is 10.2. The van der Waals surface area contributed by atoms with Gasteiger partial charge in [0.2, 0.25) is 0 Å². The van der Waals surface area contributed by atoms with Crippen LogP contribution in [0.2, 0.25) is 0 Å². The Balaban J connectivity index is 2.22. The normalized spacial score (nSPS) is 10.2. The van der Waals surface area contributed by atoms with E-state index >= 15 is 0 Å². The summed E-state index contributed by atoms with van der Waals surface area (Å²) in [6.07, 6.45) is 3.60. The van der Waals surface area contributed by atoms with Crippen molar-refractivity contribution in [1.29, 1.82) is 0 Å². The standard InChI is InChI=1S/C12H12N2S/c1-9-8-11(2-3-12(9)13)15-10-4-6-14-7-5-10/h2-8H,13H2,1H3. The highest BCUT2D eigenvalue weighted by atomic mass is 32.2. The molecule has 3 heteroatoms. The number of benzene rings is 1. The van der Waals surface area contributed by atoms with Crippen LogP contribution in [0.5, 0.6) is 0 Å². The average molecular weight is 216 g/mol. The van der Waals surface area contributed by atoms with E-state index in [4.69, 9.17) is 5.73 Å². The van der Waals surface area contributed by atoms with E-state index in [1.165, 1.54) is 9.79 Å². The number of anilines is 1. The molecule has 0 fully saturated rings. The Hall–Kier alpha value is -1.48. The summed E-state index contributed by atoms with van der Waals surface area (Å²) in [5, 5.41) is 0. The molecular formula is C12H12N2S. The largest absolute Gasteiger partial charge is 0.399 e. The monoisotopic (exact) mass is 216 g/mol. The summed E-state index contributed by atoms with van der Waals surface area (Å²) in [7, 11) is 0. The molecule has 0 spiro atoms. The van der Waals surface area contributed by atoms with Crippen LogP contribution in [0.1, 0.15) is 5.56 Å². The SMILES string of the molecule is Cc1cc(Sc2ccncc2)ccc1N. The van der Waals surface area contributed by atoms with Gasteiger partial charge in [0.25, 0.3) is 0 Å². The predicted octanol–water partition coefficient (Wildman–Crippen LogP) is 3.12. The van der Waals surface area contributed by atoms with E-state index < -0.39 is 0 Å². The molecule has 1 aromatic carbocycles. The first-order valence-electron chi connectivity index (χ1n) is 4.70. The third-order valence-corrected chi connectivity index (χ3v) is 3.12. The summed E-state index contributed by atoms with van der Waals surface area (Å²) in [5.74, 6) is 0. The Labute approximate surface area is 93.5 Å². The Morgan fingerprint density at radius 1 is 1.07 bits per heavy atom. The minimum absolute atomic E-state index is 0.842. The fourth-order valence-corrected chi connectivity index (χ4v) is 2.16. The van der Waals surface area contributed by atoms with E-state index in [2.05, 4.69) is 11.1 Å². The van der Waals surface area contributed by atoms with E-state index in [9.17, 15) is 0 Å². The average Bonchev–Trinajstić information content (AvgIpc) is 2.25. The minimum atomic E-state index is 0.842. The fourth-order valence-electron chi connectivity index (χ4n) is 1.25. The predicted molar refractivity (Wildman–Crippen MR) is 64.0 cm³/mol. The quantitative estimate of drug-likeness (QED) is 0.784. The molecule has 15 heavy (non-hydrogen) atoms. The van der Waals surface area contributed by atoms with Crippen LogP contribution < -0.4 is 5.73 Å². The van der Waals surface area contributed by atoms with Crippen LogP contribution in [0.3, 0.4) is 0 Å². The maximum absolute atomic E-state index is 5.76. The molecule has 0 saturated heterocycles. The van der Waals surface area contributed by atoms with Crippen LogP contribution in [-0.4, -0.2) is 4.98 Å². The second-order valence-corrected chi connectivity index (χ2v) is 4.45. The second kappa shape index (κ2) is 4.36. The van der Waals surface area contributed by atoms with E-state index in [1.807, 2.05) is 31.2 Å². The van der Waals surface area contributed by atoms with Crippen LogP contribution >= 0.6 is 11.8 Å². The molecule has 2 rings (SSSR count). The third kappa shape index (κ3) is 2.50. The summed E-state index contributed by atoms with van der Waals surface area (Å²) >= 11 is 1.71. The number of rotatable bonds is 2. The molecule has 1 heterocycles. The first kappa shape index (κ1) is 10.1. The molecule has 0 atom stereocenters. The van der Waals surface area contributed by atoms with Gasteiger partial charge in [0.05, 0.1) is 0 Å². The van der Waals surface area contributed by atoms with Gasteiger partial charge in [0.15, 0.2) is 0 Å². The highest BCUT2D eigenvalue weighted by molar-refractivity contribution is 7.99. The highest BCUT2D eigenvalue weighted by Gasteiger charge is 1.99. The number of nitrogens with zero attached hydrogens (tertiary/aromatic N) is 1. The van der Waals surface area contributed by atoms with Crippen LogP contribution in [0.25, 0.3) is 0 Å². The third-order valence-electron chi connectivity index (χ3n) is 2.13. The van der Waals surface area contributed by atoms with Gasteiger partial charge >= 0.3 is 0 Å². The number of hydrogen-bond donors (Lipinski definition) is 1. The van der Waals surface area contributed by atoms with Gasteiger partial charge < -0.3 is 5.73 Å². The molecule has 0 aliphatic carbocycles. The lowest BCUT2D eigenvalue weighted by Crippen LogP contribution is -1.88. The van der Waals surface area contributed by atoms with Crippen LogP contribution in [0.4, 0.5) is 5.69 Å². The fraction of sp³-hybridized carbons (Fsp3) is 0.0833. The molecule has 0 saturated carbocycles. The van der Waals surface area contributed by atoms with E-state index in [0.29, 0.717) is 0 Å². The topological polar surface area (TPSA) is 38.9 Å². The van der Waals surface area contributed by atoms with Crippen molar-refractivity contribution in [2.75, 3.05) is 5.73 Å². The van der Waals surface area contributed by atoms with Gasteiger partial charge in [0.1, 0.15) is 0 Å². The number of aryl methyl sites for hydroxylation is 1. The molecule has 76 valence electrons. The van der Waals surface area contributed by atoms with Crippen molar-refractivity contribution in [1.82, 2.24) is 4.98 Å². The molecule has 1 aromatic heterocycles. The molecule has 0 aliphatic rings. The lowest BCUT2D eigenvalue weighted by molar-refractivity contribution is 1.26. The molecule has 2 nitrogen and oxygen atoms in total. The molecule has 0 radical (unpaired) electrons. The van der Waals surface area contributed by atoms with Gasteiger partial charge in [-0.2, -0.15) is 0 Å². The zero-order chi connectivity index (χ0) is 10.7. The number of nitrogen functional groups attached to an aromatic ring is 1. The molecule has 2 N–H and O–H groups in total. The highest BCUT2D eigenvalue weighted by Crippen LogP contribution is 2.28. The Bertz CT molecular complexity index is 454. The maximum Gasteiger partial charge on any atom is 0.0344 e. The zero-order valence-corrected chi connectivity index (χ0v) is 9.29. The maximum atomic E-state index is 5.76. The first-order valence-corrected chi connectivity index (χ1v) is 5.51. The summed E-state index contributed by atoms with van der Waals surface area (Å²) in [4.78, 5) is 6.38. The van der Waals surface area contributed by atoms with Crippen molar-refractivity contribution in [3.8, 4) is 0 Å². The van der Waals surface area contributed by atoms with Gasteiger partial charge in [0, 0.05) is 27.9 Å². The van der Waals surface area contributed by atoms with Gasteiger partial charge in [-0.05, 0) is 42.8 Å². The smallest absolute Gasteiger partial charge is 0.0344 e. The summed E-state index contributed by atoms with van der Waals surface area (Å²) in [6, 6.07) is 10.1. The van der Waals surface area contributed by atoms with Crippen molar-refractivity contribution in [2.45, 2.75) is 16.7 Å². The van der Waals surface area contributed by atoms with Crippen molar-refractivity contribution < 1.29 is 0 Å². The van der Waals surface area contributed by atoms with Gasteiger partial charge in [-0.3, -0.25) is 4.98 Å². The summed E-state index contributed by atoms with van der Waals surface area (Å²) in [5.41, 5.74) is 7.72. The Kier molecular flexibility index (Phi) is 2.92. The van der Waals surface area contributed by atoms with Gasteiger partial charge in [-0.25, -0.2) is 0 Å². The van der Waals surface area contributed by atoms with E-state index in [1.54, 1.807) is 24.2 Å². The molecule has 2 aromatic rings. The summed E-state index contributed by atoms with van der Waals surface area (Å²) in [6.45, 7) is 2.02. The van der Waals surface area contributed by atoms with Crippen molar-refractivity contribution in [3.63, 3.8) is 0 Å².